The first-order chi connectivity index (χ1) is 25.3. The molecule has 0 saturated carbocycles. The summed E-state index contributed by atoms with van der Waals surface area (Å²) in [6, 6.07) is 46.0. The molecule has 0 spiro atoms. The Hall–Kier alpha value is -5.26. The van der Waals surface area contributed by atoms with Gasteiger partial charge in [0.2, 0.25) is 0 Å². The fourth-order valence-electron chi connectivity index (χ4n) is 8.15. The topological polar surface area (TPSA) is 49.2 Å². The molecule has 3 N–H and O–H groups in total. The number of rotatable bonds is 4. The van der Waals surface area contributed by atoms with E-state index in [9.17, 15) is 0 Å². The van der Waals surface area contributed by atoms with Gasteiger partial charge >= 0.3 is 0 Å². The van der Waals surface area contributed by atoms with Crippen LogP contribution in [0.2, 0.25) is 0 Å². The van der Waals surface area contributed by atoms with E-state index in [2.05, 4.69) is 149 Å². The standard InChI is InChI=1S/C45H31N3OS2/c1-2-11-26(12-3-1)43-46-44(27-23-24-30-29-14-5-7-22-38(29)50-39(30)25-27)48-45(47-43)36-20-10-19-35-34-18-9-17-33(41(34)51-42(35)36)32-16-8-15-31-28-13-4-6-21-37(28)49-40(31)32/h1-8,10-11,13-17,19-26,43-48H,12H2. The van der Waals surface area contributed by atoms with Crippen molar-refractivity contribution in [1.29, 1.82) is 0 Å². The summed E-state index contributed by atoms with van der Waals surface area (Å²) in [4.78, 5) is 0. The summed E-state index contributed by atoms with van der Waals surface area (Å²) >= 11 is 3.71. The summed E-state index contributed by atoms with van der Waals surface area (Å²) in [6.45, 7) is 0. The Balaban J connectivity index is 1.04. The Bertz CT molecular complexity index is 2870. The van der Waals surface area contributed by atoms with Crippen LogP contribution >= 0.6 is 22.7 Å². The van der Waals surface area contributed by atoms with Crippen molar-refractivity contribution in [1.82, 2.24) is 16.0 Å². The minimum Gasteiger partial charge on any atom is -0.455 e. The van der Waals surface area contributed by atoms with Crippen molar-refractivity contribution in [3.63, 3.8) is 0 Å². The zero-order valence-electron chi connectivity index (χ0n) is 27.4. The fraction of sp³-hybridized carbons (Fsp3) is 0.111. The Morgan fingerprint density at radius 1 is 0.647 bits per heavy atom. The lowest BCUT2D eigenvalue weighted by molar-refractivity contribution is 0.171. The number of benzene rings is 5. The Kier molecular flexibility index (Phi) is 6.73. The second-order valence-electron chi connectivity index (χ2n) is 13.5. The normalized spacial score (nSPS) is 20.7. The van der Waals surface area contributed by atoms with Crippen LogP contribution in [0.4, 0.5) is 0 Å². The summed E-state index contributed by atoms with van der Waals surface area (Å²) in [7, 11) is 0. The van der Waals surface area contributed by atoms with Gasteiger partial charge < -0.3 is 4.42 Å². The third-order valence-corrected chi connectivity index (χ3v) is 13.0. The van der Waals surface area contributed by atoms with Crippen molar-refractivity contribution < 1.29 is 4.42 Å². The van der Waals surface area contributed by atoms with Gasteiger partial charge in [-0.3, -0.25) is 16.0 Å². The van der Waals surface area contributed by atoms with Gasteiger partial charge in [0.15, 0.2) is 0 Å². The van der Waals surface area contributed by atoms with E-state index in [0.717, 1.165) is 44.9 Å². The van der Waals surface area contributed by atoms with E-state index in [-0.39, 0.29) is 18.5 Å². The van der Waals surface area contributed by atoms with Gasteiger partial charge in [0.05, 0.1) is 28.6 Å². The van der Waals surface area contributed by atoms with E-state index in [1.54, 1.807) is 0 Å². The highest BCUT2D eigenvalue weighted by molar-refractivity contribution is 7.26. The molecule has 9 aromatic rings. The molecular formula is C45H31N3OS2. The molecule has 4 atom stereocenters. The largest absolute Gasteiger partial charge is 0.455 e. The zero-order chi connectivity index (χ0) is 33.5. The van der Waals surface area contributed by atoms with Crippen molar-refractivity contribution in [2.24, 2.45) is 5.92 Å². The molecule has 6 aromatic carbocycles. The lowest BCUT2D eigenvalue weighted by atomic mass is 9.94. The number of fused-ring (bicyclic) bond motifs is 9. The number of para-hydroxylation sites is 2. The van der Waals surface area contributed by atoms with Gasteiger partial charge in [-0.15, -0.1) is 22.7 Å². The molecular weight excluding hydrogens is 663 g/mol. The van der Waals surface area contributed by atoms with Crippen LogP contribution in [0.1, 0.15) is 29.9 Å². The minimum atomic E-state index is -0.0818. The SMILES string of the molecule is c1cc(-c2cccc3c2oc2ccccc23)c2sc3c(C4NC(c5ccc6c(c5)sc5ccccc56)NC(C5C=CC=CC5)N4)cccc3c2c#1. The maximum Gasteiger partial charge on any atom is 0.143 e. The molecule has 1 fully saturated rings. The molecule has 4 nitrogen and oxygen atoms in total. The van der Waals surface area contributed by atoms with Crippen LogP contribution in [0.25, 0.3) is 73.4 Å². The highest BCUT2D eigenvalue weighted by Gasteiger charge is 2.33. The summed E-state index contributed by atoms with van der Waals surface area (Å²) in [5.74, 6) is 0.329. The summed E-state index contributed by atoms with van der Waals surface area (Å²) < 4.78 is 11.6. The third kappa shape index (κ3) is 4.71. The number of hydrogen-bond donors (Lipinski definition) is 3. The van der Waals surface area contributed by atoms with Crippen LogP contribution in [0.5, 0.6) is 0 Å². The van der Waals surface area contributed by atoms with Gasteiger partial charge in [-0.2, -0.15) is 0 Å². The summed E-state index contributed by atoms with van der Waals surface area (Å²) in [5.41, 5.74) is 6.51. The number of allylic oxidation sites excluding steroid dienone is 3. The Morgan fingerprint density at radius 3 is 2.41 bits per heavy atom. The molecule has 6 heteroatoms. The maximum atomic E-state index is 6.49. The first kappa shape index (κ1) is 29.5. The second-order valence-corrected chi connectivity index (χ2v) is 15.7. The Morgan fingerprint density at radius 2 is 1.47 bits per heavy atom. The number of thiophene rings is 2. The molecule has 1 aliphatic heterocycles. The van der Waals surface area contributed by atoms with Gasteiger partial charge in [0.1, 0.15) is 11.2 Å². The molecule has 2 aliphatic rings. The number of hydrogen-bond acceptors (Lipinski definition) is 6. The predicted molar refractivity (Wildman–Crippen MR) is 214 cm³/mol. The van der Waals surface area contributed by atoms with Crippen LogP contribution < -0.4 is 16.0 Å². The average Bonchev–Trinajstić information content (AvgIpc) is 3.89. The van der Waals surface area contributed by atoms with E-state index in [1.807, 2.05) is 34.8 Å². The molecule has 11 rings (SSSR count). The number of furan rings is 1. The van der Waals surface area contributed by atoms with Gasteiger partial charge in [-0.1, -0.05) is 121 Å². The van der Waals surface area contributed by atoms with Crippen LogP contribution in [-0.4, -0.2) is 6.17 Å². The van der Waals surface area contributed by atoms with E-state index in [1.165, 1.54) is 46.1 Å². The monoisotopic (exact) mass is 693 g/mol. The molecule has 3 aromatic heterocycles. The van der Waals surface area contributed by atoms with Gasteiger partial charge in [0, 0.05) is 63.6 Å². The molecule has 51 heavy (non-hydrogen) atoms. The van der Waals surface area contributed by atoms with E-state index >= 15 is 0 Å². The number of nitrogens with one attached hydrogen (secondary N) is 3. The lowest BCUT2D eigenvalue weighted by Crippen LogP contribution is -2.61. The highest BCUT2D eigenvalue weighted by Crippen LogP contribution is 2.45. The first-order valence-corrected chi connectivity index (χ1v) is 19.1. The molecule has 0 radical (unpaired) electrons. The molecule has 0 bridgehead atoms. The molecule has 244 valence electrons. The van der Waals surface area contributed by atoms with Crippen LogP contribution in [0, 0.1) is 18.1 Å². The van der Waals surface area contributed by atoms with Crippen molar-refractivity contribution in [2.75, 3.05) is 0 Å². The van der Waals surface area contributed by atoms with Crippen molar-refractivity contribution in [3.8, 4) is 11.1 Å². The molecule has 4 heterocycles. The lowest BCUT2D eigenvalue weighted by Gasteiger charge is -2.42. The molecule has 4 unspecified atom stereocenters. The van der Waals surface area contributed by atoms with E-state index < -0.39 is 0 Å². The second kappa shape index (κ2) is 11.6. The van der Waals surface area contributed by atoms with Crippen LogP contribution in [0.3, 0.4) is 0 Å². The van der Waals surface area contributed by atoms with Crippen LogP contribution in [-0.2, 0) is 0 Å². The van der Waals surface area contributed by atoms with Gasteiger partial charge in [-0.05, 0) is 36.2 Å². The van der Waals surface area contributed by atoms with E-state index in [4.69, 9.17) is 4.42 Å². The van der Waals surface area contributed by atoms with Gasteiger partial charge in [-0.25, -0.2) is 0 Å². The third-order valence-electron chi connectivity index (χ3n) is 10.6. The van der Waals surface area contributed by atoms with Crippen molar-refractivity contribution in [2.45, 2.75) is 24.9 Å². The maximum absolute atomic E-state index is 6.49. The molecule has 1 saturated heterocycles. The molecule has 1 aliphatic carbocycles. The highest BCUT2D eigenvalue weighted by atomic mass is 32.1. The van der Waals surface area contributed by atoms with Crippen molar-refractivity contribution >= 4 is 85.0 Å². The fourth-order valence-corrected chi connectivity index (χ4v) is 10.6. The minimum absolute atomic E-state index is 0.0408. The van der Waals surface area contributed by atoms with Crippen LogP contribution in [0.15, 0.2) is 138 Å². The van der Waals surface area contributed by atoms with Gasteiger partial charge in [0.25, 0.3) is 0 Å². The molecule has 0 amide bonds. The predicted octanol–water partition coefficient (Wildman–Crippen LogP) is 11.5. The average molecular weight is 694 g/mol. The summed E-state index contributed by atoms with van der Waals surface area (Å²) in [5, 5.41) is 19.1. The zero-order valence-corrected chi connectivity index (χ0v) is 29.1. The van der Waals surface area contributed by atoms with E-state index in [0.29, 0.717) is 5.92 Å². The van der Waals surface area contributed by atoms with Crippen molar-refractivity contribution in [3.05, 3.63) is 157 Å². The quantitative estimate of drug-likeness (QED) is 0.172. The smallest absolute Gasteiger partial charge is 0.143 e. The first-order valence-electron chi connectivity index (χ1n) is 17.5. The summed E-state index contributed by atoms with van der Waals surface area (Å²) in [6.07, 6.45) is 9.87. The Labute approximate surface area is 302 Å².